The molecule has 0 aliphatic rings. The van der Waals surface area contributed by atoms with Crippen molar-refractivity contribution in [3.63, 3.8) is 0 Å². The predicted octanol–water partition coefficient (Wildman–Crippen LogP) is 3.26. The van der Waals surface area contributed by atoms with Crippen molar-refractivity contribution in [1.29, 1.82) is 0 Å². The number of benzene rings is 1. The van der Waals surface area contributed by atoms with Crippen LogP contribution in [0.1, 0.15) is 10.4 Å². The summed E-state index contributed by atoms with van der Waals surface area (Å²) in [4.78, 5) is 21.8. The van der Waals surface area contributed by atoms with Crippen molar-refractivity contribution in [3.8, 4) is 0 Å². The molecule has 0 heterocycles. The SMILES string of the molecule is O=C(Nc1cc(Br)cc(C(=O)O)c1)OCC(F)(F)F. The van der Waals surface area contributed by atoms with E-state index >= 15 is 0 Å². The predicted molar refractivity (Wildman–Crippen MR) is 62.1 cm³/mol. The number of carboxylic acid groups (broad SMARTS) is 1. The lowest BCUT2D eigenvalue weighted by Gasteiger charge is -2.09. The standard InChI is InChI=1S/C10H7BrF3NO4/c11-6-1-5(8(16)17)2-7(3-6)15-9(18)19-4-10(12,13)14/h1-3H,4H2,(H,15,18)(H,16,17). The Bertz CT molecular complexity index is 504. The van der Waals surface area contributed by atoms with Gasteiger partial charge in [0.05, 0.1) is 5.56 Å². The second-order valence-electron chi connectivity index (χ2n) is 3.35. The summed E-state index contributed by atoms with van der Waals surface area (Å²) in [7, 11) is 0. The Hall–Kier alpha value is -1.77. The summed E-state index contributed by atoms with van der Waals surface area (Å²) < 4.78 is 39.7. The number of hydrogen-bond donors (Lipinski definition) is 2. The van der Waals surface area contributed by atoms with Crippen LogP contribution in [0.5, 0.6) is 0 Å². The summed E-state index contributed by atoms with van der Waals surface area (Å²) in [6, 6.07) is 3.68. The highest BCUT2D eigenvalue weighted by atomic mass is 79.9. The first-order valence-corrected chi connectivity index (χ1v) is 5.51. The number of halogens is 4. The highest BCUT2D eigenvalue weighted by Gasteiger charge is 2.29. The maximum atomic E-state index is 11.8. The van der Waals surface area contributed by atoms with Gasteiger partial charge in [-0.1, -0.05) is 15.9 Å². The minimum absolute atomic E-state index is 0.000973. The van der Waals surface area contributed by atoms with Crippen molar-refractivity contribution in [2.45, 2.75) is 6.18 Å². The van der Waals surface area contributed by atoms with Gasteiger partial charge in [-0.15, -0.1) is 0 Å². The van der Waals surface area contributed by atoms with Crippen LogP contribution in [0.4, 0.5) is 23.7 Å². The molecule has 0 aromatic heterocycles. The zero-order valence-corrected chi connectivity index (χ0v) is 10.7. The van der Waals surface area contributed by atoms with Crippen LogP contribution < -0.4 is 5.32 Å². The molecule has 2 N–H and O–H groups in total. The number of carboxylic acids is 1. The number of hydrogen-bond acceptors (Lipinski definition) is 3. The fraction of sp³-hybridized carbons (Fsp3) is 0.200. The Labute approximate surface area is 113 Å². The summed E-state index contributed by atoms with van der Waals surface area (Å²) in [6.45, 7) is -1.72. The molecular formula is C10H7BrF3NO4. The lowest BCUT2D eigenvalue weighted by atomic mass is 10.2. The monoisotopic (exact) mass is 341 g/mol. The first-order valence-electron chi connectivity index (χ1n) is 4.72. The Morgan fingerprint density at radius 2 is 1.95 bits per heavy atom. The maximum absolute atomic E-state index is 11.8. The molecule has 0 saturated heterocycles. The minimum Gasteiger partial charge on any atom is -0.478 e. The number of carbonyl (C=O) groups excluding carboxylic acids is 1. The van der Waals surface area contributed by atoms with E-state index in [0.29, 0.717) is 4.47 Å². The van der Waals surface area contributed by atoms with Gasteiger partial charge in [-0.3, -0.25) is 5.32 Å². The van der Waals surface area contributed by atoms with Gasteiger partial charge < -0.3 is 9.84 Å². The van der Waals surface area contributed by atoms with Gasteiger partial charge in [-0.2, -0.15) is 13.2 Å². The van der Waals surface area contributed by atoms with E-state index in [9.17, 15) is 22.8 Å². The molecule has 1 aromatic rings. The normalized spacial score (nSPS) is 10.9. The quantitative estimate of drug-likeness (QED) is 0.884. The third kappa shape index (κ3) is 5.60. The molecule has 0 spiro atoms. The van der Waals surface area contributed by atoms with E-state index in [1.54, 1.807) is 0 Å². The van der Waals surface area contributed by atoms with E-state index in [1.165, 1.54) is 12.1 Å². The van der Waals surface area contributed by atoms with Crippen molar-refractivity contribution in [2.75, 3.05) is 11.9 Å². The largest absolute Gasteiger partial charge is 0.478 e. The van der Waals surface area contributed by atoms with E-state index in [-0.39, 0.29) is 11.3 Å². The molecule has 0 radical (unpaired) electrons. The molecule has 0 bridgehead atoms. The molecular weight excluding hydrogens is 335 g/mol. The van der Waals surface area contributed by atoms with Crippen LogP contribution in [0.3, 0.4) is 0 Å². The Kier molecular flexibility index (Phi) is 4.76. The third-order valence-corrected chi connectivity index (χ3v) is 2.22. The third-order valence-electron chi connectivity index (χ3n) is 1.76. The van der Waals surface area contributed by atoms with Gasteiger partial charge in [0.25, 0.3) is 0 Å². The second kappa shape index (κ2) is 5.91. The summed E-state index contributed by atoms with van der Waals surface area (Å²) in [5.41, 5.74) is -0.139. The molecule has 0 aliphatic carbocycles. The molecule has 0 saturated carbocycles. The molecule has 1 amide bonds. The van der Waals surface area contributed by atoms with Gasteiger partial charge >= 0.3 is 18.2 Å². The minimum atomic E-state index is -4.62. The summed E-state index contributed by atoms with van der Waals surface area (Å²) in [5.74, 6) is -1.24. The van der Waals surface area contributed by atoms with Crippen LogP contribution in [-0.4, -0.2) is 30.0 Å². The van der Waals surface area contributed by atoms with E-state index in [4.69, 9.17) is 5.11 Å². The summed E-state index contributed by atoms with van der Waals surface area (Å²) in [5, 5.41) is 10.8. The van der Waals surface area contributed by atoms with E-state index in [2.05, 4.69) is 20.7 Å². The molecule has 5 nitrogen and oxygen atoms in total. The first kappa shape index (κ1) is 15.3. The number of carbonyl (C=O) groups is 2. The van der Waals surface area contributed by atoms with Gasteiger partial charge in [0.2, 0.25) is 0 Å². The number of aromatic carboxylic acids is 1. The second-order valence-corrected chi connectivity index (χ2v) is 4.27. The molecule has 1 aromatic carbocycles. The number of anilines is 1. The highest BCUT2D eigenvalue weighted by molar-refractivity contribution is 9.10. The van der Waals surface area contributed by atoms with Gasteiger partial charge in [0, 0.05) is 10.2 Å². The van der Waals surface area contributed by atoms with Gasteiger partial charge in [0.1, 0.15) is 0 Å². The van der Waals surface area contributed by atoms with Crippen molar-refractivity contribution >= 4 is 33.7 Å². The molecule has 0 unspecified atom stereocenters. The summed E-state index contributed by atoms with van der Waals surface area (Å²) >= 11 is 3.01. The van der Waals surface area contributed by atoms with Crippen molar-refractivity contribution in [3.05, 3.63) is 28.2 Å². The topological polar surface area (TPSA) is 75.6 Å². The molecule has 9 heteroatoms. The maximum Gasteiger partial charge on any atom is 0.422 e. The van der Waals surface area contributed by atoms with E-state index in [1.807, 2.05) is 5.32 Å². The number of alkyl halides is 3. The lowest BCUT2D eigenvalue weighted by molar-refractivity contribution is -0.159. The van der Waals surface area contributed by atoms with Crippen LogP contribution in [0.25, 0.3) is 0 Å². The highest BCUT2D eigenvalue weighted by Crippen LogP contribution is 2.20. The first-order chi connectivity index (χ1) is 8.67. The van der Waals surface area contributed by atoms with Crippen molar-refractivity contribution in [2.24, 2.45) is 0 Å². The van der Waals surface area contributed by atoms with Crippen LogP contribution >= 0.6 is 15.9 Å². The molecule has 1 rings (SSSR count). The molecule has 19 heavy (non-hydrogen) atoms. The molecule has 0 aliphatic heterocycles. The van der Waals surface area contributed by atoms with Crippen molar-refractivity contribution < 1.29 is 32.6 Å². The molecule has 104 valence electrons. The van der Waals surface area contributed by atoms with E-state index < -0.39 is 24.8 Å². The summed E-state index contributed by atoms with van der Waals surface area (Å²) in [6.07, 6.45) is -5.95. The van der Waals surface area contributed by atoms with Crippen LogP contribution in [0.15, 0.2) is 22.7 Å². The Balaban J connectivity index is 2.71. The van der Waals surface area contributed by atoms with Crippen LogP contribution in [-0.2, 0) is 4.74 Å². The zero-order valence-electron chi connectivity index (χ0n) is 9.12. The Morgan fingerprint density at radius 1 is 1.32 bits per heavy atom. The molecule has 0 atom stereocenters. The van der Waals surface area contributed by atoms with Crippen molar-refractivity contribution in [1.82, 2.24) is 0 Å². The van der Waals surface area contributed by atoms with Gasteiger partial charge in [-0.25, -0.2) is 9.59 Å². The average molecular weight is 342 g/mol. The zero-order chi connectivity index (χ0) is 14.6. The number of nitrogens with one attached hydrogen (secondary N) is 1. The molecule has 0 fully saturated rings. The smallest absolute Gasteiger partial charge is 0.422 e. The van der Waals surface area contributed by atoms with E-state index in [0.717, 1.165) is 6.07 Å². The van der Waals surface area contributed by atoms with Gasteiger partial charge in [0.15, 0.2) is 6.61 Å². The van der Waals surface area contributed by atoms with Crippen LogP contribution in [0.2, 0.25) is 0 Å². The van der Waals surface area contributed by atoms with Gasteiger partial charge in [-0.05, 0) is 18.2 Å². The lowest BCUT2D eigenvalue weighted by Crippen LogP contribution is -2.23. The fourth-order valence-electron chi connectivity index (χ4n) is 1.09. The fourth-order valence-corrected chi connectivity index (χ4v) is 1.58. The number of rotatable bonds is 3. The Morgan fingerprint density at radius 3 is 2.47 bits per heavy atom. The number of ether oxygens (including phenoxy) is 1. The number of amides is 1. The average Bonchev–Trinajstić information content (AvgIpc) is 2.24. The van der Waals surface area contributed by atoms with Crippen LogP contribution in [0, 0.1) is 0 Å².